The minimum absolute atomic E-state index is 0.174. The molecule has 2 aliphatic rings. The van der Waals surface area contributed by atoms with Crippen molar-refractivity contribution in [3.05, 3.63) is 39.6 Å². The smallest absolute Gasteiger partial charge is 0.145 e. The molecule has 7 heteroatoms. The lowest BCUT2D eigenvalue weighted by Gasteiger charge is -2.30. The van der Waals surface area contributed by atoms with Crippen LogP contribution in [-0.2, 0) is 11.3 Å². The van der Waals surface area contributed by atoms with E-state index in [-0.39, 0.29) is 6.10 Å². The van der Waals surface area contributed by atoms with Crippen molar-refractivity contribution in [1.82, 2.24) is 15.6 Å². The monoisotopic (exact) mass is 381 g/mol. The Kier molecular flexibility index (Phi) is 5.02. The largest absolute Gasteiger partial charge is 0.372 e. The third-order valence-corrected chi connectivity index (χ3v) is 5.43. The van der Waals surface area contributed by atoms with Gasteiger partial charge in [-0.3, -0.25) is 5.43 Å². The number of benzene rings is 1. The lowest BCUT2D eigenvalue weighted by atomic mass is 10.0. The number of nitrogens with zero attached hydrogens (tertiary/aromatic N) is 2. The number of hydrogen-bond acceptors (Lipinski definition) is 5. The Labute approximate surface area is 157 Å². The predicted molar refractivity (Wildman–Crippen MR) is 97.8 cm³/mol. The van der Waals surface area contributed by atoms with Crippen LogP contribution in [0.25, 0.3) is 11.3 Å². The molecule has 25 heavy (non-hydrogen) atoms. The summed E-state index contributed by atoms with van der Waals surface area (Å²) >= 11 is 12.8. The molecule has 1 aliphatic heterocycles. The predicted octanol–water partition coefficient (Wildman–Crippen LogP) is 4.25. The van der Waals surface area contributed by atoms with Gasteiger partial charge in [0.05, 0.1) is 22.8 Å². The topological polar surface area (TPSA) is 50.5 Å². The highest BCUT2D eigenvalue weighted by Crippen LogP contribution is 2.46. The van der Waals surface area contributed by atoms with E-state index in [1.165, 1.54) is 0 Å². The van der Waals surface area contributed by atoms with Gasteiger partial charge in [-0.05, 0) is 31.4 Å². The van der Waals surface area contributed by atoms with Gasteiger partial charge in [0.15, 0.2) is 0 Å². The second kappa shape index (κ2) is 7.25. The van der Waals surface area contributed by atoms with Gasteiger partial charge in [0.2, 0.25) is 0 Å². The van der Waals surface area contributed by atoms with Crippen LogP contribution in [0.3, 0.4) is 0 Å². The van der Waals surface area contributed by atoms with E-state index in [1.54, 1.807) is 0 Å². The summed E-state index contributed by atoms with van der Waals surface area (Å²) in [6, 6.07) is 5.47. The summed E-state index contributed by atoms with van der Waals surface area (Å²) in [7, 11) is 2.04. The lowest BCUT2D eigenvalue weighted by Crippen LogP contribution is -2.47. The van der Waals surface area contributed by atoms with Crippen molar-refractivity contribution in [3.63, 3.8) is 0 Å². The van der Waals surface area contributed by atoms with Crippen LogP contribution in [0.15, 0.2) is 22.7 Å². The van der Waals surface area contributed by atoms with Crippen molar-refractivity contribution >= 4 is 23.2 Å². The van der Waals surface area contributed by atoms with Crippen molar-refractivity contribution < 1.29 is 9.26 Å². The fraction of sp³-hybridized carbons (Fsp3) is 0.500. The van der Waals surface area contributed by atoms with E-state index in [0.717, 1.165) is 49.2 Å². The Morgan fingerprint density at radius 3 is 2.68 bits per heavy atom. The molecule has 2 aromatic rings. The number of ether oxygens (including phenoxy) is 1. The van der Waals surface area contributed by atoms with Crippen LogP contribution in [0.5, 0.6) is 0 Å². The molecule has 1 N–H and O–H groups in total. The lowest BCUT2D eigenvalue weighted by molar-refractivity contribution is -0.00827. The van der Waals surface area contributed by atoms with Gasteiger partial charge in [-0.25, -0.2) is 5.01 Å². The molecule has 1 saturated carbocycles. The van der Waals surface area contributed by atoms with Crippen LogP contribution in [-0.4, -0.2) is 36.4 Å². The average Bonchev–Trinajstić information content (AvgIpc) is 3.36. The SMILES string of the molecule is CN1CCC(OCc2c(-c3c(Cl)cccc3Cl)noc2C2CC2)CN1. The molecule has 2 heterocycles. The van der Waals surface area contributed by atoms with Crippen LogP contribution in [0.1, 0.15) is 36.5 Å². The standard InChI is InChI=1S/C18H21Cl2N3O2/c1-23-8-7-12(9-21-23)24-10-13-17(22-25-18(13)11-5-6-11)16-14(19)3-2-4-15(16)20/h2-4,11-12,21H,5-10H2,1H3. The van der Waals surface area contributed by atoms with Crippen molar-refractivity contribution in [2.75, 3.05) is 20.1 Å². The Balaban J connectivity index is 1.60. The summed E-state index contributed by atoms with van der Waals surface area (Å²) in [5.74, 6) is 1.36. The molecule has 1 atom stereocenters. The first kappa shape index (κ1) is 17.3. The molecular formula is C18H21Cl2N3O2. The molecule has 1 aromatic heterocycles. The summed E-state index contributed by atoms with van der Waals surface area (Å²) in [4.78, 5) is 0. The van der Waals surface area contributed by atoms with E-state index in [1.807, 2.05) is 25.2 Å². The van der Waals surface area contributed by atoms with E-state index >= 15 is 0 Å². The molecule has 2 fully saturated rings. The number of hydrazine groups is 1. The first-order valence-corrected chi connectivity index (χ1v) is 9.38. The number of halogens is 2. The van der Waals surface area contributed by atoms with Crippen molar-refractivity contribution in [3.8, 4) is 11.3 Å². The van der Waals surface area contributed by atoms with E-state index in [0.29, 0.717) is 28.3 Å². The maximum absolute atomic E-state index is 6.38. The van der Waals surface area contributed by atoms with Gasteiger partial charge in [-0.2, -0.15) is 0 Å². The molecule has 1 aromatic carbocycles. The first-order chi connectivity index (χ1) is 12.1. The van der Waals surface area contributed by atoms with Crippen LogP contribution < -0.4 is 5.43 Å². The molecule has 0 amide bonds. The average molecular weight is 382 g/mol. The zero-order valence-corrected chi connectivity index (χ0v) is 15.6. The van der Waals surface area contributed by atoms with Gasteiger partial charge >= 0.3 is 0 Å². The molecule has 0 spiro atoms. The highest BCUT2D eigenvalue weighted by Gasteiger charge is 2.34. The van der Waals surface area contributed by atoms with Crippen molar-refractivity contribution in [1.29, 1.82) is 0 Å². The maximum atomic E-state index is 6.38. The van der Waals surface area contributed by atoms with E-state index < -0.39 is 0 Å². The number of rotatable bonds is 5. The molecule has 134 valence electrons. The fourth-order valence-electron chi connectivity index (χ4n) is 3.17. The highest BCUT2D eigenvalue weighted by molar-refractivity contribution is 6.39. The minimum Gasteiger partial charge on any atom is -0.372 e. The molecule has 1 aliphatic carbocycles. The minimum atomic E-state index is 0.174. The Hall–Kier alpha value is -1.11. The number of hydrogen-bond donors (Lipinski definition) is 1. The number of aromatic nitrogens is 1. The molecule has 0 radical (unpaired) electrons. The quantitative estimate of drug-likeness (QED) is 0.838. The van der Waals surface area contributed by atoms with Gasteiger partial charge in [-0.1, -0.05) is 34.4 Å². The second-order valence-corrected chi connectivity index (χ2v) is 7.56. The highest BCUT2D eigenvalue weighted by atomic mass is 35.5. The van der Waals surface area contributed by atoms with E-state index in [9.17, 15) is 0 Å². The van der Waals surface area contributed by atoms with Gasteiger partial charge in [0, 0.05) is 37.2 Å². The van der Waals surface area contributed by atoms with Crippen LogP contribution in [0.2, 0.25) is 10.0 Å². The zero-order valence-electron chi connectivity index (χ0n) is 14.1. The Morgan fingerprint density at radius 1 is 1.28 bits per heavy atom. The second-order valence-electron chi connectivity index (χ2n) is 6.75. The summed E-state index contributed by atoms with van der Waals surface area (Å²) in [5, 5.41) is 7.53. The summed E-state index contributed by atoms with van der Waals surface area (Å²) < 4.78 is 11.8. The van der Waals surface area contributed by atoms with Gasteiger partial charge in [0.25, 0.3) is 0 Å². The molecule has 0 bridgehead atoms. The van der Waals surface area contributed by atoms with Crippen LogP contribution >= 0.6 is 23.2 Å². The van der Waals surface area contributed by atoms with E-state index in [4.69, 9.17) is 32.5 Å². The van der Waals surface area contributed by atoms with Crippen molar-refractivity contribution in [2.45, 2.75) is 37.9 Å². The summed E-state index contributed by atoms with van der Waals surface area (Å²) in [6.45, 7) is 2.23. The number of nitrogens with one attached hydrogen (secondary N) is 1. The molecule has 1 unspecified atom stereocenters. The fourth-order valence-corrected chi connectivity index (χ4v) is 3.74. The maximum Gasteiger partial charge on any atom is 0.145 e. The van der Waals surface area contributed by atoms with E-state index in [2.05, 4.69) is 15.6 Å². The third kappa shape index (κ3) is 3.71. The molecule has 4 rings (SSSR count). The summed E-state index contributed by atoms with van der Waals surface area (Å²) in [5.41, 5.74) is 5.72. The Morgan fingerprint density at radius 2 is 2.04 bits per heavy atom. The molecule has 5 nitrogen and oxygen atoms in total. The molecular weight excluding hydrogens is 361 g/mol. The third-order valence-electron chi connectivity index (χ3n) is 4.80. The van der Waals surface area contributed by atoms with Crippen molar-refractivity contribution in [2.24, 2.45) is 0 Å². The Bertz CT molecular complexity index is 733. The van der Waals surface area contributed by atoms with Crippen LogP contribution in [0, 0.1) is 0 Å². The normalized spacial score (nSPS) is 21.6. The zero-order chi connectivity index (χ0) is 17.4. The van der Waals surface area contributed by atoms with Gasteiger partial charge in [0.1, 0.15) is 11.5 Å². The van der Waals surface area contributed by atoms with Crippen LogP contribution in [0.4, 0.5) is 0 Å². The van der Waals surface area contributed by atoms with Gasteiger partial charge in [-0.15, -0.1) is 0 Å². The van der Waals surface area contributed by atoms with Gasteiger partial charge < -0.3 is 9.26 Å². The summed E-state index contributed by atoms with van der Waals surface area (Å²) in [6.07, 6.45) is 3.43. The molecule has 1 saturated heterocycles. The first-order valence-electron chi connectivity index (χ1n) is 8.62.